The Morgan fingerprint density at radius 3 is 2.64 bits per heavy atom. The van der Waals surface area contributed by atoms with Crippen LogP contribution in [0.2, 0.25) is 0 Å². The molecule has 1 rings (SSSR count). The zero-order valence-electron chi connectivity index (χ0n) is 9.08. The Bertz CT molecular complexity index is 197. The second-order valence-electron chi connectivity index (χ2n) is 3.78. The Morgan fingerprint density at radius 1 is 1.29 bits per heavy atom. The van der Waals surface area contributed by atoms with Gasteiger partial charge < -0.3 is 0 Å². The molecule has 0 radical (unpaired) electrons. The summed E-state index contributed by atoms with van der Waals surface area (Å²) in [5.74, 6) is 0. The molecular weight excluding hydrogens is 194 g/mol. The van der Waals surface area contributed by atoms with E-state index in [4.69, 9.17) is 0 Å². The van der Waals surface area contributed by atoms with Crippen LogP contribution in [0.1, 0.15) is 45.4 Å². The molecule has 1 atom stereocenters. The summed E-state index contributed by atoms with van der Waals surface area (Å²) >= 11 is 0. The second kappa shape index (κ2) is 7.18. The van der Waals surface area contributed by atoms with Gasteiger partial charge in [-0.2, -0.15) is 0 Å². The van der Waals surface area contributed by atoms with Gasteiger partial charge in [0.25, 0.3) is 0 Å². The van der Waals surface area contributed by atoms with Crippen LogP contribution in [0.4, 0.5) is 0 Å². The molecule has 0 aromatic rings. The van der Waals surface area contributed by atoms with Crippen molar-refractivity contribution in [3.05, 3.63) is 11.5 Å². The Labute approximate surface area is 90.0 Å². The quantitative estimate of drug-likeness (QED) is 0.646. The number of piperidine rings is 1. The van der Waals surface area contributed by atoms with E-state index in [0.29, 0.717) is 0 Å². The van der Waals surface area contributed by atoms with E-state index < -0.39 is 11.0 Å². The van der Waals surface area contributed by atoms with Crippen LogP contribution in [0.5, 0.6) is 0 Å². The van der Waals surface area contributed by atoms with Gasteiger partial charge in [0.15, 0.2) is 0 Å². The SMILES string of the molecule is CCCC/C=C/S(=O)N1CCCCC1. The largest absolute Gasteiger partial charge is 0.238 e. The smallest absolute Gasteiger partial charge is 0.119 e. The van der Waals surface area contributed by atoms with Crippen molar-refractivity contribution >= 4 is 11.0 Å². The van der Waals surface area contributed by atoms with Crippen LogP contribution in [0, 0.1) is 0 Å². The highest BCUT2D eigenvalue weighted by Gasteiger charge is 2.13. The molecule has 0 spiro atoms. The lowest BCUT2D eigenvalue weighted by Crippen LogP contribution is -2.30. The summed E-state index contributed by atoms with van der Waals surface area (Å²) in [5, 5.41) is 1.86. The number of allylic oxidation sites excluding steroid dienone is 1. The number of unbranched alkanes of at least 4 members (excludes halogenated alkanes) is 2. The summed E-state index contributed by atoms with van der Waals surface area (Å²) in [6.07, 6.45) is 9.25. The molecule has 1 heterocycles. The molecule has 14 heavy (non-hydrogen) atoms. The molecular formula is C11H21NOS. The molecule has 0 aromatic carbocycles. The van der Waals surface area contributed by atoms with Crippen molar-refractivity contribution in [3.63, 3.8) is 0 Å². The summed E-state index contributed by atoms with van der Waals surface area (Å²) in [7, 11) is -0.857. The maximum absolute atomic E-state index is 11.7. The Balaban J connectivity index is 2.22. The highest BCUT2D eigenvalue weighted by molar-refractivity contribution is 7.85. The van der Waals surface area contributed by atoms with Gasteiger partial charge in [-0.15, -0.1) is 0 Å². The fraction of sp³-hybridized carbons (Fsp3) is 0.818. The molecule has 1 unspecified atom stereocenters. The van der Waals surface area contributed by atoms with Gasteiger partial charge in [-0.25, -0.2) is 8.51 Å². The molecule has 0 N–H and O–H groups in total. The van der Waals surface area contributed by atoms with Gasteiger partial charge in [0.1, 0.15) is 11.0 Å². The van der Waals surface area contributed by atoms with Crippen LogP contribution in [-0.4, -0.2) is 21.6 Å². The van der Waals surface area contributed by atoms with Gasteiger partial charge in [-0.05, 0) is 19.3 Å². The Kier molecular flexibility index (Phi) is 6.12. The fourth-order valence-corrected chi connectivity index (χ4v) is 2.69. The number of hydrogen-bond donors (Lipinski definition) is 0. The van der Waals surface area contributed by atoms with E-state index in [0.717, 1.165) is 19.5 Å². The van der Waals surface area contributed by atoms with Crippen LogP contribution in [0.15, 0.2) is 11.5 Å². The van der Waals surface area contributed by atoms with Crippen molar-refractivity contribution in [2.24, 2.45) is 0 Å². The summed E-state index contributed by atoms with van der Waals surface area (Å²) < 4.78 is 13.8. The lowest BCUT2D eigenvalue weighted by atomic mass is 10.2. The van der Waals surface area contributed by atoms with Crippen LogP contribution < -0.4 is 0 Å². The van der Waals surface area contributed by atoms with Gasteiger partial charge in [0.05, 0.1) is 0 Å². The molecule has 0 aromatic heterocycles. The van der Waals surface area contributed by atoms with Crippen molar-refractivity contribution in [2.45, 2.75) is 45.4 Å². The number of rotatable bonds is 5. The first-order valence-corrected chi connectivity index (χ1v) is 6.84. The lowest BCUT2D eigenvalue weighted by molar-refractivity contribution is 0.368. The number of nitrogens with zero attached hydrogens (tertiary/aromatic N) is 1. The van der Waals surface area contributed by atoms with E-state index >= 15 is 0 Å². The van der Waals surface area contributed by atoms with Crippen molar-refractivity contribution < 1.29 is 4.21 Å². The molecule has 3 heteroatoms. The lowest BCUT2D eigenvalue weighted by Gasteiger charge is -2.23. The van der Waals surface area contributed by atoms with Gasteiger partial charge in [-0.1, -0.05) is 32.3 Å². The minimum Gasteiger partial charge on any atom is -0.238 e. The van der Waals surface area contributed by atoms with Crippen LogP contribution in [0.25, 0.3) is 0 Å². The second-order valence-corrected chi connectivity index (χ2v) is 5.12. The van der Waals surface area contributed by atoms with Crippen LogP contribution in [0.3, 0.4) is 0 Å². The van der Waals surface area contributed by atoms with Crippen molar-refractivity contribution in [1.82, 2.24) is 4.31 Å². The highest BCUT2D eigenvalue weighted by Crippen LogP contribution is 2.11. The minimum atomic E-state index is -0.857. The van der Waals surface area contributed by atoms with Crippen LogP contribution in [-0.2, 0) is 11.0 Å². The van der Waals surface area contributed by atoms with Crippen molar-refractivity contribution in [1.29, 1.82) is 0 Å². The monoisotopic (exact) mass is 215 g/mol. The molecule has 0 saturated carbocycles. The molecule has 0 amide bonds. The average molecular weight is 215 g/mol. The highest BCUT2D eigenvalue weighted by atomic mass is 32.2. The normalized spacial score (nSPS) is 21.5. The van der Waals surface area contributed by atoms with E-state index in [1.165, 1.54) is 32.1 Å². The first-order valence-electron chi connectivity index (χ1n) is 5.67. The van der Waals surface area contributed by atoms with E-state index in [1.807, 2.05) is 5.41 Å². The van der Waals surface area contributed by atoms with Gasteiger partial charge >= 0.3 is 0 Å². The summed E-state index contributed by atoms with van der Waals surface area (Å²) in [6, 6.07) is 0. The standard InChI is InChI=1S/C11H21NOS/c1-2-3-4-8-11-14(13)12-9-6-5-7-10-12/h8,11H,2-7,9-10H2,1H3/b11-8+. The molecule has 2 nitrogen and oxygen atoms in total. The summed E-state index contributed by atoms with van der Waals surface area (Å²) in [4.78, 5) is 0. The van der Waals surface area contributed by atoms with Crippen molar-refractivity contribution in [3.8, 4) is 0 Å². The van der Waals surface area contributed by atoms with Crippen molar-refractivity contribution in [2.75, 3.05) is 13.1 Å². The third-order valence-corrected chi connectivity index (χ3v) is 3.81. The van der Waals surface area contributed by atoms with Gasteiger partial charge in [0, 0.05) is 18.5 Å². The predicted molar refractivity (Wildman–Crippen MR) is 62.2 cm³/mol. The summed E-state index contributed by atoms with van der Waals surface area (Å²) in [5.41, 5.74) is 0. The molecule has 1 aliphatic heterocycles. The molecule has 82 valence electrons. The average Bonchev–Trinajstić information content (AvgIpc) is 2.25. The third kappa shape index (κ3) is 4.38. The molecule has 1 saturated heterocycles. The number of hydrogen-bond acceptors (Lipinski definition) is 1. The molecule has 1 aliphatic rings. The van der Waals surface area contributed by atoms with Gasteiger partial charge in [0.2, 0.25) is 0 Å². The Hall–Kier alpha value is -0.150. The fourth-order valence-electron chi connectivity index (χ4n) is 1.60. The molecule has 1 fully saturated rings. The minimum absolute atomic E-state index is 0.857. The van der Waals surface area contributed by atoms with E-state index in [-0.39, 0.29) is 0 Å². The van der Waals surface area contributed by atoms with Crippen LogP contribution >= 0.6 is 0 Å². The molecule has 0 aliphatic carbocycles. The van der Waals surface area contributed by atoms with E-state index in [9.17, 15) is 4.21 Å². The Morgan fingerprint density at radius 2 is 2.00 bits per heavy atom. The van der Waals surface area contributed by atoms with E-state index in [2.05, 4.69) is 17.3 Å². The zero-order valence-corrected chi connectivity index (χ0v) is 9.89. The van der Waals surface area contributed by atoms with E-state index in [1.54, 1.807) is 0 Å². The maximum Gasteiger partial charge on any atom is 0.119 e. The summed E-state index contributed by atoms with van der Waals surface area (Å²) in [6.45, 7) is 4.19. The topological polar surface area (TPSA) is 20.3 Å². The molecule has 0 bridgehead atoms. The predicted octanol–water partition coefficient (Wildman–Crippen LogP) is 2.84. The van der Waals surface area contributed by atoms with Gasteiger partial charge in [-0.3, -0.25) is 0 Å². The zero-order chi connectivity index (χ0) is 10.2. The maximum atomic E-state index is 11.7. The third-order valence-electron chi connectivity index (χ3n) is 2.51. The first kappa shape index (κ1) is 11.9. The first-order chi connectivity index (χ1) is 6.84.